The van der Waals surface area contributed by atoms with E-state index in [0.29, 0.717) is 33.7 Å². The molecule has 0 fully saturated rings. The van der Waals surface area contributed by atoms with E-state index in [4.69, 9.17) is 44.3 Å². The van der Waals surface area contributed by atoms with Crippen molar-refractivity contribution in [2.24, 2.45) is 0 Å². The Balaban J connectivity index is 2.06. The minimum Gasteiger partial charge on any atom is -0.490 e. The van der Waals surface area contributed by atoms with Crippen LogP contribution in [-0.2, 0) is 11.4 Å². The van der Waals surface area contributed by atoms with Crippen LogP contribution in [0.4, 0.5) is 5.69 Å². The maximum Gasteiger partial charge on any atom is 0.262 e. The van der Waals surface area contributed by atoms with E-state index in [1.54, 1.807) is 31.2 Å². The Morgan fingerprint density at radius 3 is 2.48 bits per heavy atom. The summed E-state index contributed by atoms with van der Waals surface area (Å²) in [5.41, 5.74) is 1.08. The first-order valence-corrected chi connectivity index (χ1v) is 8.51. The summed E-state index contributed by atoms with van der Waals surface area (Å²) < 4.78 is 11.0. The highest BCUT2D eigenvalue weighted by Crippen LogP contribution is 2.36. The van der Waals surface area contributed by atoms with E-state index in [-0.39, 0.29) is 24.0 Å². The van der Waals surface area contributed by atoms with Crippen molar-refractivity contribution in [3.05, 3.63) is 51.0 Å². The summed E-state index contributed by atoms with van der Waals surface area (Å²) >= 11 is 17.9. The van der Waals surface area contributed by atoms with Gasteiger partial charge in [-0.15, -0.1) is 0 Å². The second kappa shape index (κ2) is 9.15. The molecule has 8 heteroatoms. The summed E-state index contributed by atoms with van der Waals surface area (Å²) in [7, 11) is 0. The standard InChI is InChI=1S/C17H16Cl3NO4/c1-2-24-15-6-10(8-22)5-14(20)17(15)25-9-16(23)21-11-3-4-12(18)13(19)7-11/h3-7,22H,2,8-9H2,1H3,(H,21,23). The number of anilines is 1. The number of halogens is 3. The summed E-state index contributed by atoms with van der Waals surface area (Å²) in [6.45, 7) is 1.73. The average molecular weight is 405 g/mol. The topological polar surface area (TPSA) is 67.8 Å². The molecule has 0 aromatic heterocycles. The van der Waals surface area contributed by atoms with Gasteiger partial charge in [0.25, 0.3) is 5.91 Å². The first-order chi connectivity index (χ1) is 11.9. The molecule has 0 unspecified atom stereocenters. The van der Waals surface area contributed by atoms with Gasteiger partial charge in [0.2, 0.25) is 0 Å². The van der Waals surface area contributed by atoms with Crippen molar-refractivity contribution < 1.29 is 19.4 Å². The van der Waals surface area contributed by atoms with Crippen LogP contribution in [-0.4, -0.2) is 24.2 Å². The zero-order valence-electron chi connectivity index (χ0n) is 13.3. The van der Waals surface area contributed by atoms with Gasteiger partial charge < -0.3 is 19.9 Å². The zero-order valence-corrected chi connectivity index (χ0v) is 15.6. The summed E-state index contributed by atoms with van der Waals surface area (Å²) in [6.07, 6.45) is 0. The third-order valence-corrected chi connectivity index (χ3v) is 4.12. The zero-order chi connectivity index (χ0) is 18.4. The van der Waals surface area contributed by atoms with Gasteiger partial charge in [0, 0.05) is 5.69 Å². The molecule has 0 atom stereocenters. The monoisotopic (exact) mass is 403 g/mol. The first-order valence-electron chi connectivity index (χ1n) is 7.38. The van der Waals surface area contributed by atoms with Crippen LogP contribution in [0, 0.1) is 0 Å². The number of aliphatic hydroxyl groups is 1. The van der Waals surface area contributed by atoms with Gasteiger partial charge in [0.05, 0.1) is 28.3 Å². The van der Waals surface area contributed by atoms with E-state index in [1.165, 1.54) is 6.07 Å². The number of carbonyl (C=O) groups excluding carboxylic acids is 1. The number of ether oxygens (including phenoxy) is 2. The third kappa shape index (κ3) is 5.41. The quantitative estimate of drug-likeness (QED) is 0.710. The van der Waals surface area contributed by atoms with Crippen LogP contribution in [0.25, 0.3) is 0 Å². The molecular weight excluding hydrogens is 389 g/mol. The summed E-state index contributed by atoms with van der Waals surface area (Å²) in [6, 6.07) is 7.91. The van der Waals surface area contributed by atoms with Crippen LogP contribution in [0.3, 0.4) is 0 Å². The van der Waals surface area contributed by atoms with Gasteiger partial charge in [0.1, 0.15) is 0 Å². The second-order valence-electron chi connectivity index (χ2n) is 4.96. The molecule has 0 bridgehead atoms. The molecule has 0 aliphatic rings. The Morgan fingerprint density at radius 2 is 1.84 bits per heavy atom. The van der Waals surface area contributed by atoms with Crippen molar-refractivity contribution in [3.63, 3.8) is 0 Å². The molecule has 25 heavy (non-hydrogen) atoms. The van der Waals surface area contributed by atoms with E-state index in [1.807, 2.05) is 0 Å². The molecule has 0 saturated carbocycles. The maximum atomic E-state index is 12.0. The smallest absolute Gasteiger partial charge is 0.262 e. The molecule has 2 aromatic rings. The van der Waals surface area contributed by atoms with Gasteiger partial charge in [-0.05, 0) is 42.8 Å². The average Bonchev–Trinajstić information content (AvgIpc) is 2.57. The van der Waals surface area contributed by atoms with Gasteiger partial charge in [-0.1, -0.05) is 34.8 Å². The van der Waals surface area contributed by atoms with Crippen LogP contribution < -0.4 is 14.8 Å². The Morgan fingerprint density at radius 1 is 1.08 bits per heavy atom. The Labute approximate surface area is 160 Å². The predicted molar refractivity (Wildman–Crippen MR) is 99.1 cm³/mol. The molecule has 2 aromatic carbocycles. The lowest BCUT2D eigenvalue weighted by Crippen LogP contribution is -2.20. The fourth-order valence-corrected chi connectivity index (χ4v) is 2.61. The van der Waals surface area contributed by atoms with Crippen molar-refractivity contribution in [2.75, 3.05) is 18.5 Å². The van der Waals surface area contributed by atoms with Crippen LogP contribution >= 0.6 is 34.8 Å². The van der Waals surface area contributed by atoms with Crippen LogP contribution in [0.2, 0.25) is 15.1 Å². The largest absolute Gasteiger partial charge is 0.490 e. The molecule has 0 heterocycles. The minimum absolute atomic E-state index is 0.183. The van der Waals surface area contributed by atoms with Gasteiger partial charge >= 0.3 is 0 Å². The predicted octanol–water partition coefficient (Wildman–Crippen LogP) is 4.56. The van der Waals surface area contributed by atoms with E-state index in [2.05, 4.69) is 5.32 Å². The summed E-state index contributed by atoms with van der Waals surface area (Å²) in [5.74, 6) is 0.203. The van der Waals surface area contributed by atoms with E-state index < -0.39 is 5.91 Å². The number of hydrogen-bond donors (Lipinski definition) is 2. The summed E-state index contributed by atoms with van der Waals surface area (Å²) in [5, 5.41) is 12.9. The lowest BCUT2D eigenvalue weighted by Gasteiger charge is -2.15. The molecule has 0 spiro atoms. The Bertz CT molecular complexity index is 768. The van der Waals surface area contributed by atoms with Gasteiger partial charge in [-0.25, -0.2) is 0 Å². The lowest BCUT2D eigenvalue weighted by molar-refractivity contribution is -0.118. The number of aliphatic hydroxyl groups excluding tert-OH is 1. The maximum absolute atomic E-state index is 12.0. The number of nitrogens with one attached hydrogen (secondary N) is 1. The van der Waals surface area contributed by atoms with Gasteiger partial charge in [0.15, 0.2) is 18.1 Å². The Kier molecular flexibility index (Phi) is 7.20. The highest BCUT2D eigenvalue weighted by molar-refractivity contribution is 6.42. The molecule has 0 saturated heterocycles. The fraction of sp³-hybridized carbons (Fsp3) is 0.235. The van der Waals surface area contributed by atoms with Crippen molar-refractivity contribution in [1.29, 1.82) is 0 Å². The first kappa shape index (κ1) is 19.7. The number of amides is 1. The van der Waals surface area contributed by atoms with Crippen molar-refractivity contribution in [2.45, 2.75) is 13.5 Å². The minimum atomic E-state index is -0.400. The number of benzene rings is 2. The molecule has 5 nitrogen and oxygen atoms in total. The molecule has 0 radical (unpaired) electrons. The van der Waals surface area contributed by atoms with Crippen LogP contribution in [0.1, 0.15) is 12.5 Å². The molecule has 2 rings (SSSR count). The number of rotatable bonds is 7. The highest BCUT2D eigenvalue weighted by Gasteiger charge is 2.14. The van der Waals surface area contributed by atoms with Crippen molar-refractivity contribution in [1.82, 2.24) is 0 Å². The molecule has 1 amide bonds. The third-order valence-electron chi connectivity index (χ3n) is 3.10. The van der Waals surface area contributed by atoms with Gasteiger partial charge in [-0.3, -0.25) is 4.79 Å². The van der Waals surface area contributed by atoms with Crippen LogP contribution in [0.5, 0.6) is 11.5 Å². The molecule has 0 aliphatic heterocycles. The molecule has 2 N–H and O–H groups in total. The van der Waals surface area contributed by atoms with Gasteiger partial charge in [-0.2, -0.15) is 0 Å². The van der Waals surface area contributed by atoms with Crippen molar-refractivity contribution in [3.8, 4) is 11.5 Å². The fourth-order valence-electron chi connectivity index (χ4n) is 2.02. The Hall–Kier alpha value is -1.66. The number of carbonyl (C=O) groups is 1. The lowest BCUT2D eigenvalue weighted by atomic mass is 10.2. The van der Waals surface area contributed by atoms with E-state index in [9.17, 15) is 9.90 Å². The van der Waals surface area contributed by atoms with Crippen molar-refractivity contribution >= 4 is 46.4 Å². The molecule has 134 valence electrons. The van der Waals surface area contributed by atoms with E-state index >= 15 is 0 Å². The summed E-state index contributed by atoms with van der Waals surface area (Å²) in [4.78, 5) is 12.0. The number of hydrogen-bond acceptors (Lipinski definition) is 4. The molecular formula is C17H16Cl3NO4. The SMILES string of the molecule is CCOc1cc(CO)cc(Cl)c1OCC(=O)Nc1ccc(Cl)c(Cl)c1. The normalized spacial score (nSPS) is 10.4. The van der Waals surface area contributed by atoms with E-state index in [0.717, 1.165) is 0 Å². The second-order valence-corrected chi connectivity index (χ2v) is 6.18. The molecule has 0 aliphatic carbocycles. The highest BCUT2D eigenvalue weighted by atomic mass is 35.5. The van der Waals surface area contributed by atoms with Crippen LogP contribution in [0.15, 0.2) is 30.3 Å².